The first-order valence-electron chi connectivity index (χ1n) is 5.23. The first kappa shape index (κ1) is 12.0. The lowest BCUT2D eigenvalue weighted by atomic mass is 10.1. The van der Waals surface area contributed by atoms with Crippen molar-refractivity contribution in [2.75, 3.05) is 13.1 Å². The molecule has 0 saturated carbocycles. The van der Waals surface area contributed by atoms with Crippen LogP contribution in [0, 0.1) is 6.92 Å². The van der Waals surface area contributed by atoms with E-state index in [1.165, 1.54) is 17.5 Å². The van der Waals surface area contributed by atoms with Gasteiger partial charge in [-0.3, -0.25) is 0 Å². The third kappa shape index (κ3) is 2.79. The summed E-state index contributed by atoms with van der Waals surface area (Å²) in [4.78, 5) is 3.96. The highest BCUT2D eigenvalue weighted by atomic mass is 32.2. The number of nitrogens with one attached hydrogen (secondary N) is 2. The van der Waals surface area contributed by atoms with E-state index in [0.717, 1.165) is 30.9 Å². The van der Waals surface area contributed by atoms with Crippen LogP contribution in [-0.4, -0.2) is 32.5 Å². The topological polar surface area (TPSA) is 71.1 Å². The largest absolute Gasteiger partial charge is 0.317 e. The molecule has 1 saturated heterocycles. The summed E-state index contributed by atoms with van der Waals surface area (Å²) in [5.41, 5.74) is 0. The predicted octanol–water partition coefficient (Wildman–Crippen LogP) is 0.482. The summed E-state index contributed by atoms with van der Waals surface area (Å²) in [6.45, 7) is 3.54. The lowest BCUT2D eigenvalue weighted by Gasteiger charge is -2.22. The molecule has 5 nitrogen and oxygen atoms in total. The van der Waals surface area contributed by atoms with Crippen molar-refractivity contribution in [1.29, 1.82) is 0 Å². The molecular formula is C9H15N3O2S2. The maximum Gasteiger partial charge on any atom is 0.251 e. The van der Waals surface area contributed by atoms with Crippen molar-refractivity contribution >= 4 is 21.4 Å². The second-order valence-electron chi connectivity index (χ2n) is 3.84. The van der Waals surface area contributed by atoms with Crippen LogP contribution in [0.25, 0.3) is 0 Å². The van der Waals surface area contributed by atoms with E-state index in [9.17, 15) is 8.42 Å². The van der Waals surface area contributed by atoms with Crippen molar-refractivity contribution in [2.24, 2.45) is 0 Å². The summed E-state index contributed by atoms with van der Waals surface area (Å²) in [7, 11) is -3.36. The number of thiazole rings is 1. The van der Waals surface area contributed by atoms with Gasteiger partial charge in [-0.05, 0) is 32.9 Å². The molecule has 1 aliphatic heterocycles. The normalized spacial score (nSPS) is 18.8. The van der Waals surface area contributed by atoms with E-state index in [1.807, 2.05) is 0 Å². The molecule has 0 amide bonds. The summed E-state index contributed by atoms with van der Waals surface area (Å²) >= 11 is 1.21. The molecule has 1 fully saturated rings. The molecule has 0 aromatic carbocycles. The third-order valence-electron chi connectivity index (χ3n) is 2.53. The van der Waals surface area contributed by atoms with Crippen molar-refractivity contribution in [2.45, 2.75) is 30.0 Å². The van der Waals surface area contributed by atoms with Gasteiger partial charge in [0.25, 0.3) is 10.0 Å². The zero-order chi connectivity index (χ0) is 11.6. The van der Waals surface area contributed by atoms with Gasteiger partial charge in [-0.25, -0.2) is 18.1 Å². The van der Waals surface area contributed by atoms with Crippen molar-refractivity contribution in [3.05, 3.63) is 11.2 Å². The van der Waals surface area contributed by atoms with E-state index in [1.54, 1.807) is 6.92 Å². The molecule has 0 atom stereocenters. The first-order valence-corrected chi connectivity index (χ1v) is 7.53. The number of rotatable bonds is 3. The minimum Gasteiger partial charge on any atom is -0.317 e. The summed E-state index contributed by atoms with van der Waals surface area (Å²) < 4.78 is 26.9. The zero-order valence-corrected chi connectivity index (χ0v) is 10.7. The number of piperidine rings is 1. The van der Waals surface area contributed by atoms with Gasteiger partial charge in [0.2, 0.25) is 0 Å². The number of aryl methyl sites for hydroxylation is 1. The molecule has 1 aromatic rings. The van der Waals surface area contributed by atoms with E-state index < -0.39 is 10.0 Å². The van der Waals surface area contributed by atoms with Gasteiger partial charge < -0.3 is 5.32 Å². The molecule has 0 spiro atoms. The average Bonchev–Trinajstić information content (AvgIpc) is 2.66. The molecule has 0 unspecified atom stereocenters. The molecule has 2 heterocycles. The Kier molecular flexibility index (Phi) is 3.58. The van der Waals surface area contributed by atoms with E-state index >= 15 is 0 Å². The van der Waals surface area contributed by atoms with Crippen molar-refractivity contribution in [3.8, 4) is 0 Å². The standard InChI is InChI=1S/C9H15N3O2S2/c1-7-11-6-9(15-7)16(13,14)12-8-2-4-10-5-3-8/h6,8,10,12H,2-5H2,1H3. The molecule has 0 aliphatic carbocycles. The third-order valence-corrected chi connectivity index (χ3v) is 5.42. The monoisotopic (exact) mass is 261 g/mol. The molecule has 0 bridgehead atoms. The van der Waals surface area contributed by atoms with Crippen molar-refractivity contribution in [1.82, 2.24) is 15.0 Å². The van der Waals surface area contributed by atoms with E-state index in [-0.39, 0.29) is 6.04 Å². The van der Waals surface area contributed by atoms with Crippen LogP contribution in [0.2, 0.25) is 0 Å². The quantitative estimate of drug-likeness (QED) is 0.830. The van der Waals surface area contributed by atoms with Crippen LogP contribution in [0.5, 0.6) is 0 Å². The van der Waals surface area contributed by atoms with E-state index in [0.29, 0.717) is 4.21 Å². The highest BCUT2D eigenvalue weighted by Crippen LogP contribution is 2.18. The van der Waals surface area contributed by atoms with E-state index in [4.69, 9.17) is 0 Å². The highest BCUT2D eigenvalue weighted by molar-refractivity contribution is 7.91. The lowest BCUT2D eigenvalue weighted by Crippen LogP contribution is -2.42. The Morgan fingerprint density at radius 3 is 2.75 bits per heavy atom. The van der Waals surface area contributed by atoms with Crippen LogP contribution < -0.4 is 10.0 Å². The van der Waals surface area contributed by atoms with Gasteiger partial charge >= 0.3 is 0 Å². The van der Waals surface area contributed by atoms with Crippen LogP contribution in [0.1, 0.15) is 17.8 Å². The minimum absolute atomic E-state index is 0.0497. The Labute approximate surface area is 99.3 Å². The molecule has 1 aliphatic rings. The molecule has 7 heteroatoms. The molecule has 16 heavy (non-hydrogen) atoms. The summed E-state index contributed by atoms with van der Waals surface area (Å²) in [6, 6.07) is 0.0497. The maximum atomic E-state index is 12.0. The van der Waals surface area contributed by atoms with Crippen LogP contribution in [0.4, 0.5) is 0 Å². The highest BCUT2D eigenvalue weighted by Gasteiger charge is 2.23. The van der Waals surface area contributed by atoms with Gasteiger partial charge in [-0.15, -0.1) is 11.3 Å². The van der Waals surface area contributed by atoms with Crippen LogP contribution in [0.15, 0.2) is 10.4 Å². The average molecular weight is 261 g/mol. The fraction of sp³-hybridized carbons (Fsp3) is 0.667. The number of hydrogen-bond donors (Lipinski definition) is 2. The van der Waals surface area contributed by atoms with Gasteiger partial charge in [0.1, 0.15) is 0 Å². The number of sulfonamides is 1. The van der Waals surface area contributed by atoms with Crippen molar-refractivity contribution in [3.63, 3.8) is 0 Å². The van der Waals surface area contributed by atoms with E-state index in [2.05, 4.69) is 15.0 Å². The SMILES string of the molecule is Cc1ncc(S(=O)(=O)NC2CCNCC2)s1. The molecule has 2 rings (SSSR count). The number of aromatic nitrogens is 1. The molecular weight excluding hydrogens is 246 g/mol. The Hall–Kier alpha value is -0.500. The Bertz CT molecular complexity index is 449. The van der Waals surface area contributed by atoms with Gasteiger partial charge in [0.05, 0.1) is 11.2 Å². The molecule has 90 valence electrons. The second-order valence-corrected chi connectivity index (χ2v) is 7.02. The number of nitrogens with zero attached hydrogens (tertiary/aromatic N) is 1. The van der Waals surface area contributed by atoms with Crippen LogP contribution in [0.3, 0.4) is 0 Å². The Morgan fingerprint density at radius 1 is 1.50 bits per heavy atom. The van der Waals surface area contributed by atoms with Crippen LogP contribution in [-0.2, 0) is 10.0 Å². The fourth-order valence-electron chi connectivity index (χ4n) is 1.68. The summed E-state index contributed by atoms with van der Waals surface area (Å²) in [5.74, 6) is 0. The predicted molar refractivity (Wildman–Crippen MR) is 63.1 cm³/mol. The van der Waals surface area contributed by atoms with Crippen molar-refractivity contribution < 1.29 is 8.42 Å². The fourth-order valence-corrected chi connectivity index (χ4v) is 4.11. The van der Waals surface area contributed by atoms with Gasteiger partial charge in [-0.1, -0.05) is 0 Å². The first-order chi connectivity index (χ1) is 7.58. The van der Waals surface area contributed by atoms with Gasteiger partial charge in [0, 0.05) is 6.04 Å². The van der Waals surface area contributed by atoms with Gasteiger partial charge in [0.15, 0.2) is 4.21 Å². The minimum atomic E-state index is -3.36. The summed E-state index contributed by atoms with van der Waals surface area (Å²) in [6.07, 6.45) is 3.11. The molecule has 2 N–H and O–H groups in total. The van der Waals surface area contributed by atoms with Gasteiger partial charge in [-0.2, -0.15) is 0 Å². The maximum absolute atomic E-state index is 12.0. The Balaban J connectivity index is 2.07. The lowest BCUT2D eigenvalue weighted by molar-refractivity contribution is 0.427. The summed E-state index contributed by atoms with van der Waals surface area (Å²) in [5, 5.41) is 3.97. The molecule has 1 aromatic heterocycles. The Morgan fingerprint density at radius 2 is 2.19 bits per heavy atom. The zero-order valence-electron chi connectivity index (χ0n) is 9.06. The van der Waals surface area contributed by atoms with Crippen LogP contribution >= 0.6 is 11.3 Å². The molecule has 0 radical (unpaired) electrons. The second kappa shape index (κ2) is 4.79. The smallest absolute Gasteiger partial charge is 0.251 e. The number of hydrogen-bond acceptors (Lipinski definition) is 5.